The van der Waals surface area contributed by atoms with Crippen LogP contribution < -0.4 is 9.47 Å². The number of hydrogen-bond donors (Lipinski definition) is 0. The minimum Gasteiger partial charge on any atom is -0.497 e. The standard InChI is InChI=1S/C32H35FN2O4/c1-4-39-31(36)20-32(14-16-35(17-15-32)22-23-8-11-26(37-2)12-9-23)30(21-34)28-13-10-25(33)19-29(28)24-6-5-7-27(18-24)38-3/h5-13,18-19,30H,4,14-17,20,22H2,1-3H3. The summed E-state index contributed by atoms with van der Waals surface area (Å²) in [6.07, 6.45) is 1.40. The molecule has 1 aliphatic heterocycles. The van der Waals surface area contributed by atoms with Gasteiger partial charge in [-0.3, -0.25) is 9.69 Å². The zero-order valence-corrected chi connectivity index (χ0v) is 22.8. The van der Waals surface area contributed by atoms with E-state index in [1.807, 2.05) is 36.4 Å². The summed E-state index contributed by atoms with van der Waals surface area (Å²) >= 11 is 0. The predicted molar refractivity (Wildman–Crippen MR) is 148 cm³/mol. The fourth-order valence-electron chi connectivity index (χ4n) is 5.57. The van der Waals surface area contributed by atoms with Gasteiger partial charge in [-0.2, -0.15) is 5.26 Å². The third-order valence-electron chi connectivity index (χ3n) is 7.67. The molecule has 4 rings (SSSR count). The van der Waals surface area contributed by atoms with Crippen LogP contribution in [0.1, 0.15) is 43.2 Å². The summed E-state index contributed by atoms with van der Waals surface area (Å²) in [6.45, 7) is 4.27. The second-order valence-corrected chi connectivity index (χ2v) is 9.99. The maximum Gasteiger partial charge on any atom is 0.306 e. The zero-order valence-electron chi connectivity index (χ0n) is 22.8. The fourth-order valence-corrected chi connectivity index (χ4v) is 5.57. The molecule has 1 heterocycles. The van der Waals surface area contributed by atoms with Crippen molar-refractivity contribution in [2.24, 2.45) is 5.41 Å². The molecular weight excluding hydrogens is 495 g/mol. The minimum absolute atomic E-state index is 0.129. The van der Waals surface area contributed by atoms with E-state index >= 15 is 0 Å². The molecule has 0 N–H and O–H groups in total. The number of piperidine rings is 1. The van der Waals surface area contributed by atoms with Crippen molar-refractivity contribution < 1.29 is 23.4 Å². The molecule has 0 aliphatic carbocycles. The topological polar surface area (TPSA) is 71.8 Å². The van der Waals surface area contributed by atoms with Gasteiger partial charge in [0.15, 0.2) is 0 Å². The highest BCUT2D eigenvalue weighted by Gasteiger charge is 2.45. The molecule has 6 nitrogen and oxygen atoms in total. The highest BCUT2D eigenvalue weighted by atomic mass is 19.1. The van der Waals surface area contributed by atoms with E-state index in [2.05, 4.69) is 23.1 Å². The lowest BCUT2D eigenvalue weighted by Gasteiger charge is -2.44. The molecule has 0 aromatic heterocycles. The molecule has 1 aliphatic rings. The summed E-state index contributed by atoms with van der Waals surface area (Å²) in [5.74, 6) is 0.124. The Labute approximate surface area is 229 Å². The Kier molecular flexibility index (Phi) is 9.21. The molecule has 0 radical (unpaired) electrons. The van der Waals surface area contributed by atoms with Crippen molar-refractivity contribution in [3.8, 4) is 28.7 Å². The van der Waals surface area contributed by atoms with Gasteiger partial charge in [-0.1, -0.05) is 30.3 Å². The van der Waals surface area contributed by atoms with Gasteiger partial charge in [-0.05, 0) is 91.5 Å². The Morgan fingerprint density at radius 1 is 1.03 bits per heavy atom. The lowest BCUT2D eigenvalue weighted by atomic mass is 9.64. The van der Waals surface area contributed by atoms with Crippen molar-refractivity contribution in [1.29, 1.82) is 5.26 Å². The van der Waals surface area contributed by atoms with Crippen LogP contribution in [0.15, 0.2) is 66.7 Å². The Morgan fingerprint density at radius 3 is 2.38 bits per heavy atom. The fraction of sp³-hybridized carbons (Fsp3) is 0.375. The minimum atomic E-state index is -0.650. The number of likely N-dealkylation sites (tertiary alicyclic amines) is 1. The highest BCUT2D eigenvalue weighted by molar-refractivity contribution is 5.73. The first kappa shape index (κ1) is 28.1. The van der Waals surface area contributed by atoms with Crippen LogP contribution in [0.3, 0.4) is 0 Å². The van der Waals surface area contributed by atoms with Crippen LogP contribution in [-0.4, -0.2) is 44.8 Å². The predicted octanol–water partition coefficient (Wildman–Crippen LogP) is 6.35. The van der Waals surface area contributed by atoms with Gasteiger partial charge < -0.3 is 14.2 Å². The largest absolute Gasteiger partial charge is 0.497 e. The van der Waals surface area contributed by atoms with Crippen molar-refractivity contribution in [3.63, 3.8) is 0 Å². The molecular formula is C32H35FN2O4. The van der Waals surface area contributed by atoms with Gasteiger partial charge in [-0.25, -0.2) is 4.39 Å². The number of benzene rings is 3. The van der Waals surface area contributed by atoms with Gasteiger partial charge >= 0.3 is 5.97 Å². The van der Waals surface area contributed by atoms with E-state index in [1.165, 1.54) is 17.7 Å². The summed E-state index contributed by atoms with van der Waals surface area (Å²) < 4.78 is 30.5. The van der Waals surface area contributed by atoms with E-state index in [-0.39, 0.29) is 24.8 Å². The maximum absolute atomic E-state index is 14.5. The molecule has 0 bridgehead atoms. The lowest BCUT2D eigenvalue weighted by Crippen LogP contribution is -2.44. The Morgan fingerprint density at radius 2 is 1.74 bits per heavy atom. The second kappa shape index (κ2) is 12.8. The van der Waals surface area contributed by atoms with E-state index in [0.29, 0.717) is 29.7 Å². The zero-order chi connectivity index (χ0) is 27.8. The molecule has 1 unspecified atom stereocenters. The first-order chi connectivity index (χ1) is 18.9. The monoisotopic (exact) mass is 530 g/mol. The second-order valence-electron chi connectivity index (χ2n) is 9.99. The average Bonchev–Trinajstić information content (AvgIpc) is 2.96. The maximum atomic E-state index is 14.5. The number of nitrogens with zero attached hydrogens (tertiary/aromatic N) is 2. The molecule has 0 amide bonds. The van der Waals surface area contributed by atoms with Crippen molar-refractivity contribution >= 4 is 5.97 Å². The van der Waals surface area contributed by atoms with E-state index in [9.17, 15) is 14.4 Å². The van der Waals surface area contributed by atoms with Crippen molar-refractivity contribution in [1.82, 2.24) is 4.90 Å². The number of carbonyl (C=O) groups excluding carboxylic acids is 1. The molecule has 1 fully saturated rings. The first-order valence-corrected chi connectivity index (χ1v) is 13.3. The summed E-state index contributed by atoms with van der Waals surface area (Å²) in [5, 5.41) is 10.6. The molecule has 3 aromatic rings. The molecule has 0 spiro atoms. The van der Waals surface area contributed by atoms with Gasteiger partial charge in [-0.15, -0.1) is 0 Å². The number of carbonyl (C=O) groups is 1. The molecule has 39 heavy (non-hydrogen) atoms. The number of esters is 1. The number of hydrogen-bond acceptors (Lipinski definition) is 6. The van der Waals surface area contributed by atoms with Crippen LogP contribution in [0.2, 0.25) is 0 Å². The first-order valence-electron chi connectivity index (χ1n) is 13.3. The third kappa shape index (κ3) is 6.58. The van der Waals surface area contributed by atoms with Crippen LogP contribution in [0.5, 0.6) is 11.5 Å². The number of rotatable bonds is 10. The summed E-state index contributed by atoms with van der Waals surface area (Å²) in [6, 6.07) is 22.4. The van der Waals surface area contributed by atoms with Crippen LogP contribution in [0, 0.1) is 22.6 Å². The van der Waals surface area contributed by atoms with Gasteiger partial charge in [0.2, 0.25) is 0 Å². The quantitative estimate of drug-likeness (QED) is 0.284. The smallest absolute Gasteiger partial charge is 0.306 e. The summed E-state index contributed by atoms with van der Waals surface area (Å²) in [5.41, 5.74) is 2.61. The number of methoxy groups -OCH3 is 2. The highest BCUT2D eigenvalue weighted by Crippen LogP contribution is 2.49. The van der Waals surface area contributed by atoms with Crippen molar-refractivity contribution in [3.05, 3.63) is 83.7 Å². The average molecular weight is 531 g/mol. The van der Waals surface area contributed by atoms with Gasteiger partial charge in [0.05, 0.1) is 39.2 Å². The van der Waals surface area contributed by atoms with Crippen LogP contribution in [-0.2, 0) is 16.1 Å². The van der Waals surface area contributed by atoms with Gasteiger partial charge in [0.25, 0.3) is 0 Å². The Balaban J connectivity index is 1.66. The summed E-state index contributed by atoms with van der Waals surface area (Å²) in [7, 11) is 3.23. The van der Waals surface area contributed by atoms with E-state index < -0.39 is 11.3 Å². The van der Waals surface area contributed by atoms with Gasteiger partial charge in [0.1, 0.15) is 17.3 Å². The molecule has 1 saturated heterocycles. The number of nitriles is 1. The van der Waals surface area contributed by atoms with Crippen molar-refractivity contribution in [2.45, 2.75) is 38.6 Å². The summed E-state index contributed by atoms with van der Waals surface area (Å²) in [4.78, 5) is 15.2. The molecule has 1 atom stereocenters. The Hall–Kier alpha value is -3.89. The lowest BCUT2D eigenvalue weighted by molar-refractivity contribution is -0.147. The number of ether oxygens (including phenoxy) is 3. The third-order valence-corrected chi connectivity index (χ3v) is 7.67. The van der Waals surface area contributed by atoms with E-state index in [1.54, 1.807) is 27.2 Å². The van der Waals surface area contributed by atoms with Crippen LogP contribution in [0.25, 0.3) is 11.1 Å². The number of halogens is 1. The van der Waals surface area contributed by atoms with Gasteiger partial charge in [0, 0.05) is 12.0 Å². The van der Waals surface area contributed by atoms with Crippen LogP contribution >= 0.6 is 0 Å². The Bertz CT molecular complexity index is 1310. The van der Waals surface area contributed by atoms with E-state index in [0.717, 1.165) is 30.9 Å². The normalized spacial score (nSPS) is 15.7. The molecule has 0 saturated carbocycles. The molecule has 7 heteroatoms. The SMILES string of the molecule is CCOC(=O)CC1(C(C#N)c2ccc(F)cc2-c2cccc(OC)c2)CCN(Cc2ccc(OC)cc2)CC1. The van der Waals surface area contributed by atoms with Crippen molar-refractivity contribution in [2.75, 3.05) is 33.9 Å². The molecule has 204 valence electrons. The van der Waals surface area contributed by atoms with E-state index in [4.69, 9.17) is 14.2 Å². The van der Waals surface area contributed by atoms with Crippen LogP contribution in [0.4, 0.5) is 4.39 Å². The molecule has 3 aromatic carbocycles.